The van der Waals surface area contributed by atoms with Crippen LogP contribution in [0.2, 0.25) is 0 Å². The molecule has 0 heterocycles. The van der Waals surface area contributed by atoms with E-state index in [0.29, 0.717) is 13.1 Å². The second-order valence-electron chi connectivity index (χ2n) is 8.65. The lowest BCUT2D eigenvalue weighted by Crippen LogP contribution is -2.47. The van der Waals surface area contributed by atoms with Crippen LogP contribution in [0.4, 0.5) is 0 Å². The van der Waals surface area contributed by atoms with Crippen LogP contribution in [-0.2, 0) is 29.2 Å². The Morgan fingerprint density at radius 2 is 1.34 bits per heavy atom. The van der Waals surface area contributed by atoms with E-state index in [4.69, 9.17) is 4.74 Å². The number of unbranched alkanes of at least 4 members (excludes halogenated alkanes) is 3. The van der Waals surface area contributed by atoms with Gasteiger partial charge >= 0.3 is 5.97 Å². The van der Waals surface area contributed by atoms with E-state index in [-0.39, 0.29) is 6.61 Å². The van der Waals surface area contributed by atoms with Crippen molar-refractivity contribution in [1.29, 1.82) is 0 Å². The molecule has 182 valence electrons. The van der Waals surface area contributed by atoms with Crippen molar-refractivity contribution in [3.05, 3.63) is 108 Å². The van der Waals surface area contributed by atoms with Gasteiger partial charge in [0.15, 0.2) is 6.10 Å². The van der Waals surface area contributed by atoms with Gasteiger partial charge < -0.3 is 9.84 Å². The summed E-state index contributed by atoms with van der Waals surface area (Å²) in [6, 6.07) is 29.3. The third-order valence-corrected chi connectivity index (χ3v) is 5.81. The number of aliphatic carboxylic acids is 1. The first-order valence-electron chi connectivity index (χ1n) is 12.4. The Morgan fingerprint density at radius 3 is 1.83 bits per heavy atom. The molecule has 4 heteroatoms. The first-order chi connectivity index (χ1) is 17.2. The summed E-state index contributed by atoms with van der Waals surface area (Å²) in [7, 11) is 0. The highest BCUT2D eigenvalue weighted by molar-refractivity contribution is 5.74. The topological polar surface area (TPSA) is 49.8 Å². The molecule has 4 nitrogen and oxygen atoms in total. The van der Waals surface area contributed by atoms with E-state index >= 15 is 0 Å². The number of carbonyl (C=O) groups is 1. The fourth-order valence-electron chi connectivity index (χ4n) is 3.94. The average Bonchev–Trinajstić information content (AvgIpc) is 2.89. The summed E-state index contributed by atoms with van der Waals surface area (Å²) in [6.07, 6.45) is 2.92. The number of nitrogens with zero attached hydrogens (tertiary/aromatic N) is 1. The molecular formula is C31H35NO3. The van der Waals surface area contributed by atoms with Gasteiger partial charge in [-0.05, 0) is 23.1 Å². The van der Waals surface area contributed by atoms with Gasteiger partial charge in [0.2, 0.25) is 0 Å². The standard InChI is InChI=1S/C31H35NO3/c1-2-3-4-5-15-22-29(30(31(33)34)35-25-28-20-13-8-14-21-28)32(23-26-16-9-6-10-17-26)24-27-18-11-7-12-19-27/h6-14,16-21,29-30H,2-5,23-25H2,1H3,(H,33,34)/t29-,30+/m1/s1. The van der Waals surface area contributed by atoms with Crippen molar-refractivity contribution >= 4 is 5.97 Å². The largest absolute Gasteiger partial charge is 0.479 e. The highest BCUT2D eigenvalue weighted by Crippen LogP contribution is 2.19. The summed E-state index contributed by atoms with van der Waals surface area (Å²) in [4.78, 5) is 14.6. The SMILES string of the molecule is CCCCCC#C[C@H]([C@H](OCc1ccccc1)C(=O)O)N(Cc1ccccc1)Cc1ccccc1. The third-order valence-electron chi connectivity index (χ3n) is 5.81. The van der Waals surface area contributed by atoms with Gasteiger partial charge in [-0.1, -0.05) is 117 Å². The maximum absolute atomic E-state index is 12.5. The maximum atomic E-state index is 12.5. The van der Waals surface area contributed by atoms with Gasteiger partial charge in [0.05, 0.1) is 6.61 Å². The predicted molar refractivity (Wildman–Crippen MR) is 140 cm³/mol. The van der Waals surface area contributed by atoms with Crippen LogP contribution in [0, 0.1) is 11.8 Å². The van der Waals surface area contributed by atoms with Crippen LogP contribution in [-0.4, -0.2) is 28.1 Å². The second kappa shape index (κ2) is 14.8. The third kappa shape index (κ3) is 9.05. The van der Waals surface area contributed by atoms with Crippen LogP contribution >= 0.6 is 0 Å². The molecule has 0 aliphatic heterocycles. The molecule has 0 fully saturated rings. The van der Waals surface area contributed by atoms with E-state index < -0.39 is 18.1 Å². The Morgan fingerprint density at radius 1 is 0.829 bits per heavy atom. The molecule has 0 radical (unpaired) electrons. The lowest BCUT2D eigenvalue weighted by Gasteiger charge is -2.32. The number of carboxylic acid groups (broad SMARTS) is 1. The normalized spacial score (nSPS) is 12.5. The zero-order chi connectivity index (χ0) is 24.7. The van der Waals surface area contributed by atoms with Crippen molar-refractivity contribution in [2.45, 2.75) is 64.4 Å². The Labute approximate surface area is 209 Å². The summed E-state index contributed by atoms with van der Waals surface area (Å²) in [5.74, 6) is 5.58. The molecule has 3 aromatic rings. The zero-order valence-electron chi connectivity index (χ0n) is 20.5. The molecule has 0 amide bonds. The Balaban J connectivity index is 1.92. The van der Waals surface area contributed by atoms with Crippen LogP contribution < -0.4 is 0 Å². The number of hydrogen-bond acceptors (Lipinski definition) is 3. The van der Waals surface area contributed by atoms with Gasteiger partial charge in [0.1, 0.15) is 6.04 Å². The summed E-state index contributed by atoms with van der Waals surface area (Å²) >= 11 is 0. The molecule has 0 saturated heterocycles. The summed E-state index contributed by atoms with van der Waals surface area (Å²) in [6.45, 7) is 3.52. The summed E-state index contributed by atoms with van der Waals surface area (Å²) in [5.41, 5.74) is 3.15. The molecule has 0 bridgehead atoms. The smallest absolute Gasteiger partial charge is 0.335 e. The van der Waals surface area contributed by atoms with Crippen LogP contribution in [0.25, 0.3) is 0 Å². The highest BCUT2D eigenvalue weighted by atomic mass is 16.5. The van der Waals surface area contributed by atoms with E-state index in [2.05, 4.69) is 47.9 Å². The molecule has 0 aromatic heterocycles. The summed E-state index contributed by atoms with van der Waals surface area (Å²) in [5, 5.41) is 10.2. The monoisotopic (exact) mass is 469 g/mol. The van der Waals surface area contributed by atoms with Gasteiger partial charge in [0.25, 0.3) is 0 Å². The maximum Gasteiger partial charge on any atom is 0.335 e. The number of rotatable bonds is 13. The van der Waals surface area contributed by atoms with Crippen molar-refractivity contribution in [1.82, 2.24) is 4.90 Å². The molecule has 3 rings (SSSR count). The molecule has 3 aromatic carbocycles. The zero-order valence-corrected chi connectivity index (χ0v) is 20.5. The minimum Gasteiger partial charge on any atom is -0.479 e. The minimum atomic E-state index is -1.08. The molecule has 0 spiro atoms. The number of carboxylic acids is 1. The van der Waals surface area contributed by atoms with Crippen molar-refractivity contribution in [2.24, 2.45) is 0 Å². The van der Waals surface area contributed by atoms with Crippen LogP contribution in [0.5, 0.6) is 0 Å². The first-order valence-corrected chi connectivity index (χ1v) is 12.4. The molecule has 35 heavy (non-hydrogen) atoms. The van der Waals surface area contributed by atoms with Gasteiger partial charge in [0, 0.05) is 19.5 Å². The van der Waals surface area contributed by atoms with Crippen molar-refractivity contribution in [2.75, 3.05) is 0 Å². The molecule has 0 aliphatic carbocycles. The van der Waals surface area contributed by atoms with Gasteiger partial charge in [-0.3, -0.25) is 4.90 Å². The Hall–Kier alpha value is -3.39. The van der Waals surface area contributed by atoms with E-state index in [1.54, 1.807) is 0 Å². The van der Waals surface area contributed by atoms with Gasteiger partial charge in [-0.2, -0.15) is 0 Å². The fourth-order valence-corrected chi connectivity index (χ4v) is 3.94. The van der Waals surface area contributed by atoms with E-state index in [1.807, 2.05) is 66.7 Å². The van der Waals surface area contributed by atoms with E-state index in [0.717, 1.165) is 42.4 Å². The average molecular weight is 470 g/mol. The van der Waals surface area contributed by atoms with Crippen LogP contribution in [0.15, 0.2) is 91.0 Å². The fraction of sp³-hybridized carbons (Fsp3) is 0.323. The molecule has 0 saturated carbocycles. The van der Waals surface area contributed by atoms with Crippen molar-refractivity contribution < 1.29 is 14.6 Å². The Kier molecular flexibility index (Phi) is 11.1. The quantitative estimate of drug-likeness (QED) is 0.235. The number of hydrogen-bond donors (Lipinski definition) is 1. The first kappa shape index (κ1) is 26.2. The lowest BCUT2D eigenvalue weighted by atomic mass is 10.0. The molecule has 0 aliphatic rings. The van der Waals surface area contributed by atoms with Crippen molar-refractivity contribution in [3.8, 4) is 11.8 Å². The van der Waals surface area contributed by atoms with Gasteiger partial charge in [-0.25, -0.2) is 4.79 Å². The van der Waals surface area contributed by atoms with Crippen molar-refractivity contribution in [3.63, 3.8) is 0 Å². The van der Waals surface area contributed by atoms with E-state index in [9.17, 15) is 9.90 Å². The molecule has 1 N–H and O–H groups in total. The molecule has 0 unspecified atom stereocenters. The lowest BCUT2D eigenvalue weighted by molar-refractivity contribution is -0.155. The molecule has 2 atom stereocenters. The predicted octanol–water partition coefficient (Wildman–Crippen LogP) is 6.31. The molecular weight excluding hydrogens is 434 g/mol. The number of benzene rings is 3. The summed E-state index contributed by atoms with van der Waals surface area (Å²) < 4.78 is 6.04. The van der Waals surface area contributed by atoms with Crippen LogP contribution in [0.3, 0.4) is 0 Å². The van der Waals surface area contributed by atoms with Crippen LogP contribution in [0.1, 0.15) is 49.3 Å². The van der Waals surface area contributed by atoms with E-state index in [1.165, 1.54) is 0 Å². The Bertz CT molecular complexity index is 1020. The highest BCUT2D eigenvalue weighted by Gasteiger charge is 2.33. The van der Waals surface area contributed by atoms with Gasteiger partial charge in [-0.15, -0.1) is 5.92 Å². The number of ether oxygens (including phenoxy) is 1. The second-order valence-corrected chi connectivity index (χ2v) is 8.65. The minimum absolute atomic E-state index is 0.219.